The Kier molecular flexibility index (Phi) is 4.92. The van der Waals surface area contributed by atoms with Gasteiger partial charge in [-0.1, -0.05) is 38.2 Å². The lowest BCUT2D eigenvalue weighted by Gasteiger charge is -2.19. The lowest BCUT2D eigenvalue weighted by molar-refractivity contribution is -0.116. The van der Waals surface area contributed by atoms with Crippen molar-refractivity contribution in [3.05, 3.63) is 11.6 Å². The molecule has 1 rings (SSSR count). The summed E-state index contributed by atoms with van der Waals surface area (Å²) in [5, 5.41) is 0. The van der Waals surface area contributed by atoms with Crippen LogP contribution in [0, 0.1) is 5.92 Å². The molecule has 0 aromatic rings. The molecule has 1 atom stereocenters. The van der Waals surface area contributed by atoms with Crippen molar-refractivity contribution in [2.24, 2.45) is 5.92 Å². The molecular weight excluding hydrogens is 172 g/mol. The van der Waals surface area contributed by atoms with Gasteiger partial charge >= 0.3 is 0 Å². The van der Waals surface area contributed by atoms with Crippen LogP contribution in [-0.2, 0) is 4.79 Å². The normalized spacial score (nSPS) is 22.3. The topological polar surface area (TPSA) is 17.1 Å². The standard InChI is InChI=1S/C13H22O/c1-3-4-5-6-7-12-8-11(2)9-13(14)10-12/h9,12H,3-8,10H2,1-2H3. The van der Waals surface area contributed by atoms with Gasteiger partial charge in [0.25, 0.3) is 0 Å². The number of carbonyl (C=O) groups is 1. The Morgan fingerprint density at radius 2 is 2.07 bits per heavy atom. The number of unbranched alkanes of at least 4 members (excludes halogenated alkanes) is 3. The lowest BCUT2D eigenvalue weighted by Crippen LogP contribution is -2.13. The van der Waals surface area contributed by atoms with Crippen LogP contribution in [0.1, 0.15) is 58.8 Å². The molecule has 1 aliphatic rings. The summed E-state index contributed by atoms with van der Waals surface area (Å²) >= 11 is 0. The van der Waals surface area contributed by atoms with E-state index in [-0.39, 0.29) is 0 Å². The van der Waals surface area contributed by atoms with E-state index >= 15 is 0 Å². The molecular formula is C13H22O. The molecule has 0 amide bonds. The quantitative estimate of drug-likeness (QED) is 0.607. The minimum absolute atomic E-state index is 0.342. The fourth-order valence-electron chi connectivity index (χ4n) is 2.27. The Bertz CT molecular complexity index is 215. The number of ketones is 1. The second kappa shape index (κ2) is 6.00. The number of hydrogen-bond donors (Lipinski definition) is 0. The molecule has 0 saturated carbocycles. The van der Waals surface area contributed by atoms with Crippen molar-refractivity contribution in [3.63, 3.8) is 0 Å². The van der Waals surface area contributed by atoms with E-state index in [4.69, 9.17) is 0 Å². The van der Waals surface area contributed by atoms with Crippen molar-refractivity contribution in [2.45, 2.75) is 58.8 Å². The average Bonchev–Trinajstić information content (AvgIpc) is 2.11. The molecule has 0 aromatic heterocycles. The Balaban J connectivity index is 2.20. The number of rotatable bonds is 5. The van der Waals surface area contributed by atoms with Crippen LogP contribution < -0.4 is 0 Å². The summed E-state index contributed by atoms with van der Waals surface area (Å²) in [5.74, 6) is 0.985. The summed E-state index contributed by atoms with van der Waals surface area (Å²) in [6, 6.07) is 0. The predicted octanol–water partition coefficient (Wildman–Crippen LogP) is 3.88. The van der Waals surface area contributed by atoms with E-state index in [1.54, 1.807) is 0 Å². The number of carbonyl (C=O) groups excluding carboxylic acids is 1. The van der Waals surface area contributed by atoms with E-state index in [1.807, 2.05) is 6.08 Å². The monoisotopic (exact) mass is 194 g/mol. The van der Waals surface area contributed by atoms with Crippen molar-refractivity contribution in [3.8, 4) is 0 Å². The maximum Gasteiger partial charge on any atom is 0.155 e. The number of allylic oxidation sites excluding steroid dienone is 2. The lowest BCUT2D eigenvalue weighted by atomic mass is 9.85. The van der Waals surface area contributed by atoms with E-state index in [0.717, 1.165) is 12.8 Å². The highest BCUT2D eigenvalue weighted by Crippen LogP contribution is 2.26. The largest absolute Gasteiger partial charge is 0.295 e. The molecule has 14 heavy (non-hydrogen) atoms. The fraction of sp³-hybridized carbons (Fsp3) is 0.769. The van der Waals surface area contributed by atoms with Crippen LogP contribution in [0.4, 0.5) is 0 Å². The molecule has 0 N–H and O–H groups in total. The van der Waals surface area contributed by atoms with E-state index in [1.165, 1.54) is 37.7 Å². The molecule has 1 aliphatic carbocycles. The zero-order chi connectivity index (χ0) is 10.4. The third kappa shape index (κ3) is 4.08. The molecule has 1 unspecified atom stereocenters. The maximum atomic E-state index is 11.3. The van der Waals surface area contributed by atoms with Crippen LogP contribution in [0.2, 0.25) is 0 Å². The minimum Gasteiger partial charge on any atom is -0.295 e. The van der Waals surface area contributed by atoms with Gasteiger partial charge in [-0.05, 0) is 31.8 Å². The van der Waals surface area contributed by atoms with Crippen molar-refractivity contribution >= 4 is 5.78 Å². The molecule has 0 radical (unpaired) electrons. The zero-order valence-electron chi connectivity index (χ0n) is 9.51. The van der Waals surface area contributed by atoms with Crippen LogP contribution in [0.3, 0.4) is 0 Å². The van der Waals surface area contributed by atoms with Crippen molar-refractivity contribution < 1.29 is 4.79 Å². The van der Waals surface area contributed by atoms with Crippen LogP contribution in [-0.4, -0.2) is 5.78 Å². The fourth-order valence-corrected chi connectivity index (χ4v) is 2.27. The molecule has 0 fully saturated rings. The van der Waals surface area contributed by atoms with Gasteiger partial charge in [0.15, 0.2) is 5.78 Å². The SMILES string of the molecule is CCCCCCC1CC(=O)C=C(C)C1. The minimum atomic E-state index is 0.342. The van der Waals surface area contributed by atoms with E-state index in [0.29, 0.717) is 11.7 Å². The second-order valence-corrected chi connectivity index (χ2v) is 4.58. The Morgan fingerprint density at radius 3 is 2.71 bits per heavy atom. The molecule has 1 nitrogen and oxygen atoms in total. The first-order chi connectivity index (χ1) is 6.72. The Labute approximate surface area is 87.6 Å². The molecule has 0 aromatic carbocycles. The molecule has 1 heteroatoms. The van der Waals surface area contributed by atoms with Gasteiger partial charge in [0.05, 0.1) is 0 Å². The first-order valence-corrected chi connectivity index (χ1v) is 5.92. The molecule has 0 aliphatic heterocycles. The number of hydrogen-bond acceptors (Lipinski definition) is 1. The first-order valence-electron chi connectivity index (χ1n) is 5.92. The van der Waals surface area contributed by atoms with Gasteiger partial charge in [-0.15, -0.1) is 0 Å². The van der Waals surface area contributed by atoms with Crippen LogP contribution >= 0.6 is 0 Å². The Morgan fingerprint density at radius 1 is 1.29 bits per heavy atom. The van der Waals surface area contributed by atoms with Crippen molar-refractivity contribution in [1.82, 2.24) is 0 Å². The summed E-state index contributed by atoms with van der Waals surface area (Å²) in [4.78, 5) is 11.3. The van der Waals surface area contributed by atoms with Crippen LogP contribution in [0.15, 0.2) is 11.6 Å². The molecule has 0 spiro atoms. The maximum absolute atomic E-state index is 11.3. The molecule has 0 bridgehead atoms. The molecule has 0 heterocycles. The summed E-state index contributed by atoms with van der Waals surface area (Å²) in [6.45, 7) is 4.31. The highest BCUT2D eigenvalue weighted by atomic mass is 16.1. The van der Waals surface area contributed by atoms with Crippen molar-refractivity contribution in [1.29, 1.82) is 0 Å². The summed E-state index contributed by atoms with van der Waals surface area (Å²) in [6.07, 6.45) is 10.3. The van der Waals surface area contributed by atoms with Gasteiger partial charge in [0, 0.05) is 6.42 Å². The summed E-state index contributed by atoms with van der Waals surface area (Å²) in [7, 11) is 0. The van der Waals surface area contributed by atoms with E-state index in [9.17, 15) is 4.79 Å². The van der Waals surface area contributed by atoms with Gasteiger partial charge in [-0.25, -0.2) is 0 Å². The summed E-state index contributed by atoms with van der Waals surface area (Å²) < 4.78 is 0. The highest BCUT2D eigenvalue weighted by molar-refractivity contribution is 5.91. The van der Waals surface area contributed by atoms with E-state index in [2.05, 4.69) is 13.8 Å². The Hall–Kier alpha value is -0.590. The van der Waals surface area contributed by atoms with Gasteiger partial charge < -0.3 is 0 Å². The van der Waals surface area contributed by atoms with Crippen LogP contribution in [0.25, 0.3) is 0 Å². The molecule has 80 valence electrons. The van der Waals surface area contributed by atoms with Gasteiger partial charge in [0.2, 0.25) is 0 Å². The highest BCUT2D eigenvalue weighted by Gasteiger charge is 2.17. The average molecular weight is 194 g/mol. The first kappa shape index (κ1) is 11.5. The predicted molar refractivity (Wildman–Crippen MR) is 60.2 cm³/mol. The van der Waals surface area contributed by atoms with Gasteiger partial charge in [-0.3, -0.25) is 4.79 Å². The smallest absolute Gasteiger partial charge is 0.155 e. The second-order valence-electron chi connectivity index (χ2n) is 4.58. The summed E-state index contributed by atoms with van der Waals surface area (Å²) in [5.41, 5.74) is 1.28. The third-order valence-corrected chi connectivity index (χ3v) is 2.97. The van der Waals surface area contributed by atoms with Gasteiger partial charge in [-0.2, -0.15) is 0 Å². The van der Waals surface area contributed by atoms with E-state index < -0.39 is 0 Å². The molecule has 0 saturated heterocycles. The van der Waals surface area contributed by atoms with Crippen molar-refractivity contribution in [2.75, 3.05) is 0 Å². The zero-order valence-corrected chi connectivity index (χ0v) is 9.51. The van der Waals surface area contributed by atoms with Crippen LogP contribution in [0.5, 0.6) is 0 Å². The third-order valence-electron chi connectivity index (χ3n) is 2.97. The van der Waals surface area contributed by atoms with Gasteiger partial charge in [0.1, 0.15) is 0 Å².